The second-order valence-corrected chi connectivity index (χ2v) is 3.19. The van der Waals surface area contributed by atoms with Crippen LogP contribution in [0.4, 0.5) is 13.2 Å². The normalized spacial score (nSPS) is 14.1. The summed E-state index contributed by atoms with van der Waals surface area (Å²) in [7, 11) is 0. The van der Waals surface area contributed by atoms with Crippen LogP contribution >= 0.6 is 0 Å². The first-order valence-electron chi connectivity index (χ1n) is 4.21. The predicted octanol–water partition coefficient (Wildman–Crippen LogP) is 2.56. The Labute approximate surface area is 80.2 Å². The largest absolute Gasteiger partial charge is 0.390 e. The van der Waals surface area contributed by atoms with Gasteiger partial charge >= 0.3 is 0 Å². The monoisotopic (exact) mass is 204 g/mol. The van der Waals surface area contributed by atoms with Crippen LogP contribution in [0.1, 0.15) is 18.4 Å². The molecule has 0 heterocycles. The standard InChI is InChI=1S/C10H11F3O/c1-7(10(12,13)6-14)8-2-4-9(11)5-3-8/h2-5,7,14H,6H2,1H3. The first-order chi connectivity index (χ1) is 6.47. The van der Waals surface area contributed by atoms with Crippen LogP contribution in [0.2, 0.25) is 0 Å². The smallest absolute Gasteiger partial charge is 0.277 e. The van der Waals surface area contributed by atoms with E-state index in [1.54, 1.807) is 0 Å². The average molecular weight is 204 g/mol. The van der Waals surface area contributed by atoms with E-state index in [1.165, 1.54) is 19.1 Å². The minimum absolute atomic E-state index is 0.311. The van der Waals surface area contributed by atoms with Crippen LogP contribution in [0.5, 0.6) is 0 Å². The van der Waals surface area contributed by atoms with Gasteiger partial charge in [-0.05, 0) is 17.7 Å². The van der Waals surface area contributed by atoms with Crippen LogP contribution in [-0.4, -0.2) is 17.6 Å². The molecule has 4 heteroatoms. The third kappa shape index (κ3) is 2.26. The van der Waals surface area contributed by atoms with Gasteiger partial charge in [-0.3, -0.25) is 0 Å². The van der Waals surface area contributed by atoms with Gasteiger partial charge in [0.25, 0.3) is 5.92 Å². The van der Waals surface area contributed by atoms with Crippen molar-refractivity contribution in [3.63, 3.8) is 0 Å². The van der Waals surface area contributed by atoms with Crippen LogP contribution in [0.15, 0.2) is 24.3 Å². The highest BCUT2D eigenvalue weighted by atomic mass is 19.3. The molecular weight excluding hydrogens is 193 g/mol. The summed E-state index contributed by atoms with van der Waals surface area (Å²) >= 11 is 0. The van der Waals surface area contributed by atoms with Gasteiger partial charge in [0.15, 0.2) is 0 Å². The van der Waals surface area contributed by atoms with Gasteiger partial charge in [0, 0.05) is 5.92 Å². The molecule has 1 unspecified atom stereocenters. The van der Waals surface area contributed by atoms with E-state index < -0.39 is 24.3 Å². The van der Waals surface area contributed by atoms with Crippen molar-refractivity contribution in [2.75, 3.05) is 6.61 Å². The zero-order valence-electron chi connectivity index (χ0n) is 7.67. The SMILES string of the molecule is CC(c1ccc(F)cc1)C(F)(F)CO. The highest BCUT2D eigenvalue weighted by Gasteiger charge is 2.36. The summed E-state index contributed by atoms with van der Waals surface area (Å²) < 4.78 is 38.5. The first-order valence-corrected chi connectivity index (χ1v) is 4.21. The van der Waals surface area contributed by atoms with E-state index in [2.05, 4.69) is 0 Å². The molecule has 0 saturated carbocycles. The van der Waals surface area contributed by atoms with Crippen molar-refractivity contribution in [2.24, 2.45) is 0 Å². The predicted molar refractivity (Wildman–Crippen MR) is 46.8 cm³/mol. The molecule has 1 nitrogen and oxygen atoms in total. The van der Waals surface area contributed by atoms with Gasteiger partial charge in [0.2, 0.25) is 0 Å². The number of hydrogen-bond donors (Lipinski definition) is 1. The molecule has 0 bridgehead atoms. The van der Waals surface area contributed by atoms with Crippen LogP contribution < -0.4 is 0 Å². The molecule has 0 aromatic heterocycles. The fourth-order valence-electron chi connectivity index (χ4n) is 1.13. The fraction of sp³-hybridized carbons (Fsp3) is 0.400. The van der Waals surface area contributed by atoms with Gasteiger partial charge < -0.3 is 5.11 Å². The number of rotatable bonds is 3. The van der Waals surface area contributed by atoms with Crippen LogP contribution in [-0.2, 0) is 0 Å². The summed E-state index contributed by atoms with van der Waals surface area (Å²) in [5, 5.41) is 8.46. The Balaban J connectivity index is 2.89. The summed E-state index contributed by atoms with van der Waals surface area (Å²) in [6.07, 6.45) is 0. The molecule has 0 fully saturated rings. The van der Waals surface area contributed by atoms with Crippen LogP contribution in [0, 0.1) is 5.82 Å². The minimum Gasteiger partial charge on any atom is -0.390 e. The zero-order chi connectivity index (χ0) is 10.8. The summed E-state index contributed by atoms with van der Waals surface area (Å²) in [6, 6.07) is 4.84. The van der Waals surface area contributed by atoms with E-state index in [0.29, 0.717) is 5.56 Å². The van der Waals surface area contributed by atoms with E-state index in [4.69, 9.17) is 5.11 Å². The van der Waals surface area contributed by atoms with E-state index in [-0.39, 0.29) is 0 Å². The number of aliphatic hydroxyl groups is 1. The summed E-state index contributed by atoms with van der Waals surface area (Å²) in [6.45, 7) is 0.0923. The third-order valence-corrected chi connectivity index (χ3v) is 2.21. The molecule has 1 rings (SSSR count). The molecule has 0 aliphatic carbocycles. The Hall–Kier alpha value is -1.03. The molecule has 0 amide bonds. The van der Waals surface area contributed by atoms with Crippen molar-refractivity contribution in [1.82, 2.24) is 0 Å². The Morgan fingerprint density at radius 3 is 2.21 bits per heavy atom. The van der Waals surface area contributed by atoms with Crippen molar-refractivity contribution in [2.45, 2.75) is 18.8 Å². The number of benzene rings is 1. The van der Waals surface area contributed by atoms with Gasteiger partial charge in [-0.2, -0.15) is 0 Å². The molecule has 0 aliphatic heterocycles. The van der Waals surface area contributed by atoms with Gasteiger partial charge in [0.1, 0.15) is 12.4 Å². The van der Waals surface area contributed by atoms with E-state index >= 15 is 0 Å². The molecule has 1 aromatic rings. The molecule has 78 valence electrons. The molecule has 1 N–H and O–H groups in total. The summed E-state index contributed by atoms with van der Waals surface area (Å²) in [5.74, 6) is -4.75. The summed E-state index contributed by atoms with van der Waals surface area (Å²) in [4.78, 5) is 0. The lowest BCUT2D eigenvalue weighted by Crippen LogP contribution is -2.28. The maximum atomic E-state index is 13.0. The highest BCUT2D eigenvalue weighted by Crippen LogP contribution is 2.32. The topological polar surface area (TPSA) is 20.2 Å². The van der Waals surface area contributed by atoms with Gasteiger partial charge in [-0.1, -0.05) is 19.1 Å². The van der Waals surface area contributed by atoms with Gasteiger partial charge in [-0.25, -0.2) is 13.2 Å². The Kier molecular flexibility index (Phi) is 3.16. The van der Waals surface area contributed by atoms with Gasteiger partial charge in [-0.15, -0.1) is 0 Å². The molecule has 14 heavy (non-hydrogen) atoms. The van der Waals surface area contributed by atoms with Crippen molar-refractivity contribution in [3.8, 4) is 0 Å². The number of halogens is 3. The van der Waals surface area contributed by atoms with E-state index in [1.807, 2.05) is 0 Å². The lowest BCUT2D eigenvalue weighted by atomic mass is 9.95. The molecule has 0 radical (unpaired) electrons. The lowest BCUT2D eigenvalue weighted by molar-refractivity contribution is -0.0681. The average Bonchev–Trinajstić information content (AvgIpc) is 2.18. The van der Waals surface area contributed by atoms with Crippen molar-refractivity contribution in [1.29, 1.82) is 0 Å². The molecule has 1 aromatic carbocycles. The Morgan fingerprint density at radius 2 is 1.79 bits per heavy atom. The third-order valence-electron chi connectivity index (χ3n) is 2.21. The molecule has 0 saturated heterocycles. The van der Waals surface area contributed by atoms with Crippen LogP contribution in [0.25, 0.3) is 0 Å². The Bertz CT molecular complexity index is 295. The van der Waals surface area contributed by atoms with Crippen molar-refractivity contribution >= 4 is 0 Å². The Morgan fingerprint density at radius 1 is 1.29 bits per heavy atom. The number of alkyl halides is 2. The number of hydrogen-bond acceptors (Lipinski definition) is 1. The minimum atomic E-state index is -3.17. The zero-order valence-corrected chi connectivity index (χ0v) is 7.67. The van der Waals surface area contributed by atoms with E-state index in [0.717, 1.165) is 12.1 Å². The molecule has 0 aliphatic rings. The lowest BCUT2D eigenvalue weighted by Gasteiger charge is -2.21. The maximum absolute atomic E-state index is 13.0. The second-order valence-electron chi connectivity index (χ2n) is 3.19. The highest BCUT2D eigenvalue weighted by molar-refractivity contribution is 5.21. The van der Waals surface area contributed by atoms with E-state index in [9.17, 15) is 13.2 Å². The first kappa shape index (κ1) is 11.0. The molecule has 0 spiro atoms. The molecular formula is C10H11F3O. The number of aliphatic hydroxyl groups excluding tert-OH is 1. The quantitative estimate of drug-likeness (QED) is 0.802. The van der Waals surface area contributed by atoms with Crippen molar-refractivity contribution < 1.29 is 18.3 Å². The summed E-state index contributed by atoms with van der Waals surface area (Å²) in [5.41, 5.74) is 0.311. The van der Waals surface area contributed by atoms with Crippen molar-refractivity contribution in [3.05, 3.63) is 35.6 Å². The second kappa shape index (κ2) is 4.00. The van der Waals surface area contributed by atoms with Gasteiger partial charge in [0.05, 0.1) is 0 Å². The molecule has 1 atom stereocenters. The maximum Gasteiger partial charge on any atom is 0.277 e. The fourth-order valence-corrected chi connectivity index (χ4v) is 1.13. The van der Waals surface area contributed by atoms with Crippen LogP contribution in [0.3, 0.4) is 0 Å².